The van der Waals surface area contributed by atoms with E-state index in [0.717, 1.165) is 10.4 Å². The van der Waals surface area contributed by atoms with E-state index in [4.69, 9.17) is 16.3 Å². The summed E-state index contributed by atoms with van der Waals surface area (Å²) in [4.78, 5) is 14.1. The van der Waals surface area contributed by atoms with Gasteiger partial charge in [-0.05, 0) is 56.7 Å². The largest absolute Gasteiger partial charge is 0.481 e. The van der Waals surface area contributed by atoms with Crippen LogP contribution >= 0.6 is 22.9 Å². The predicted molar refractivity (Wildman–Crippen MR) is 91.1 cm³/mol. The summed E-state index contributed by atoms with van der Waals surface area (Å²) in [5.41, 5.74) is 3.36. The van der Waals surface area contributed by atoms with Crippen molar-refractivity contribution >= 4 is 35.1 Å². The summed E-state index contributed by atoms with van der Waals surface area (Å²) in [7, 11) is 0. The van der Waals surface area contributed by atoms with E-state index in [9.17, 15) is 4.79 Å². The number of amides is 1. The summed E-state index contributed by atoms with van der Waals surface area (Å²) in [5.74, 6) is 0.323. The van der Waals surface area contributed by atoms with Crippen molar-refractivity contribution in [1.82, 2.24) is 5.43 Å². The van der Waals surface area contributed by atoms with Crippen LogP contribution in [0.15, 0.2) is 35.4 Å². The zero-order valence-corrected chi connectivity index (χ0v) is 14.2. The monoisotopic (exact) mass is 336 g/mol. The van der Waals surface area contributed by atoms with Gasteiger partial charge in [0.15, 0.2) is 6.10 Å². The highest BCUT2D eigenvalue weighted by Crippen LogP contribution is 2.22. The number of halogens is 1. The maximum atomic E-state index is 11.9. The van der Waals surface area contributed by atoms with Gasteiger partial charge in [-0.2, -0.15) is 5.10 Å². The van der Waals surface area contributed by atoms with Crippen LogP contribution in [0, 0.1) is 13.8 Å². The van der Waals surface area contributed by atoms with E-state index in [2.05, 4.69) is 10.5 Å². The number of benzene rings is 1. The molecule has 0 aliphatic rings. The topological polar surface area (TPSA) is 50.7 Å². The van der Waals surface area contributed by atoms with Crippen LogP contribution in [0.1, 0.15) is 22.2 Å². The highest BCUT2D eigenvalue weighted by molar-refractivity contribution is 7.13. The molecule has 1 heterocycles. The molecule has 0 saturated carbocycles. The second kappa shape index (κ2) is 7.42. The Morgan fingerprint density at radius 1 is 1.36 bits per heavy atom. The number of rotatable bonds is 5. The van der Waals surface area contributed by atoms with Gasteiger partial charge < -0.3 is 4.74 Å². The van der Waals surface area contributed by atoms with E-state index >= 15 is 0 Å². The molecule has 2 rings (SSSR count). The Bertz CT molecular complexity index is 697. The smallest absolute Gasteiger partial charge is 0.280 e. The zero-order chi connectivity index (χ0) is 16.1. The predicted octanol–water partition coefficient (Wildman–Crippen LogP) is 3.94. The number of ether oxygens (including phenoxy) is 1. The van der Waals surface area contributed by atoms with Crippen molar-refractivity contribution in [2.75, 3.05) is 0 Å². The molecule has 0 aliphatic heterocycles. The number of nitrogens with one attached hydrogen (secondary N) is 1. The Balaban J connectivity index is 1.90. The van der Waals surface area contributed by atoms with Gasteiger partial charge in [-0.15, -0.1) is 11.3 Å². The quantitative estimate of drug-likeness (QED) is 0.664. The maximum Gasteiger partial charge on any atom is 0.280 e. The van der Waals surface area contributed by atoms with Crippen LogP contribution < -0.4 is 10.2 Å². The van der Waals surface area contributed by atoms with Gasteiger partial charge in [0, 0.05) is 14.8 Å². The SMILES string of the molecule is Cc1ccc(C=NNC(=O)C(C)Oc2ccc(Cl)cc2C)s1. The summed E-state index contributed by atoms with van der Waals surface area (Å²) in [6.45, 7) is 5.57. The van der Waals surface area contributed by atoms with Crippen molar-refractivity contribution in [2.24, 2.45) is 5.10 Å². The van der Waals surface area contributed by atoms with E-state index in [1.54, 1.807) is 42.7 Å². The number of aryl methyl sites for hydroxylation is 2. The third-order valence-corrected chi connectivity index (χ3v) is 4.11. The lowest BCUT2D eigenvalue weighted by Crippen LogP contribution is -2.33. The molecule has 1 aromatic heterocycles. The highest BCUT2D eigenvalue weighted by Gasteiger charge is 2.15. The fourth-order valence-corrected chi connectivity index (χ4v) is 2.74. The molecule has 116 valence electrons. The number of thiophene rings is 1. The molecule has 2 aromatic rings. The maximum absolute atomic E-state index is 11.9. The molecule has 6 heteroatoms. The molecule has 0 fully saturated rings. The van der Waals surface area contributed by atoms with Crippen molar-refractivity contribution in [1.29, 1.82) is 0 Å². The number of hydrogen-bond acceptors (Lipinski definition) is 4. The minimum atomic E-state index is -0.651. The van der Waals surface area contributed by atoms with Gasteiger partial charge >= 0.3 is 0 Å². The Morgan fingerprint density at radius 3 is 2.77 bits per heavy atom. The second-order valence-corrected chi connectivity index (χ2v) is 6.61. The van der Waals surface area contributed by atoms with Gasteiger partial charge in [-0.3, -0.25) is 4.79 Å². The van der Waals surface area contributed by atoms with E-state index in [-0.39, 0.29) is 5.91 Å². The summed E-state index contributed by atoms with van der Waals surface area (Å²) < 4.78 is 5.63. The summed E-state index contributed by atoms with van der Waals surface area (Å²) in [6.07, 6.45) is 0.970. The Labute approximate surface area is 138 Å². The third-order valence-electron chi connectivity index (χ3n) is 2.94. The van der Waals surface area contributed by atoms with Crippen LogP contribution in [0.4, 0.5) is 0 Å². The molecule has 1 N–H and O–H groups in total. The number of carbonyl (C=O) groups excluding carboxylic acids is 1. The summed E-state index contributed by atoms with van der Waals surface area (Å²) in [5, 5.41) is 4.58. The molecule has 1 unspecified atom stereocenters. The molecule has 0 spiro atoms. The van der Waals surface area contributed by atoms with Crippen molar-refractivity contribution in [2.45, 2.75) is 26.9 Å². The van der Waals surface area contributed by atoms with Crippen LogP contribution in [-0.2, 0) is 4.79 Å². The molecular formula is C16H17ClN2O2S. The van der Waals surface area contributed by atoms with Gasteiger partial charge in [0.25, 0.3) is 5.91 Å². The molecule has 1 amide bonds. The van der Waals surface area contributed by atoms with Crippen molar-refractivity contribution in [3.8, 4) is 5.75 Å². The van der Waals surface area contributed by atoms with Crippen LogP contribution in [-0.4, -0.2) is 18.2 Å². The average Bonchev–Trinajstić information content (AvgIpc) is 2.87. The molecule has 1 aromatic carbocycles. The lowest BCUT2D eigenvalue weighted by atomic mass is 10.2. The van der Waals surface area contributed by atoms with Crippen molar-refractivity contribution in [3.63, 3.8) is 0 Å². The number of hydrogen-bond donors (Lipinski definition) is 1. The Morgan fingerprint density at radius 2 is 2.14 bits per heavy atom. The first-order valence-electron chi connectivity index (χ1n) is 6.78. The second-order valence-electron chi connectivity index (χ2n) is 4.85. The van der Waals surface area contributed by atoms with E-state index in [1.165, 1.54) is 4.88 Å². The first kappa shape index (κ1) is 16.5. The highest BCUT2D eigenvalue weighted by atomic mass is 35.5. The fraction of sp³-hybridized carbons (Fsp3) is 0.250. The molecule has 0 radical (unpaired) electrons. The summed E-state index contributed by atoms with van der Waals surface area (Å²) >= 11 is 7.50. The minimum absolute atomic E-state index is 0.307. The van der Waals surface area contributed by atoms with Crippen molar-refractivity contribution in [3.05, 3.63) is 50.7 Å². The average molecular weight is 337 g/mol. The number of nitrogens with zero attached hydrogens (tertiary/aromatic N) is 1. The first-order valence-corrected chi connectivity index (χ1v) is 7.97. The minimum Gasteiger partial charge on any atom is -0.481 e. The first-order chi connectivity index (χ1) is 10.5. The molecule has 1 atom stereocenters. The zero-order valence-electron chi connectivity index (χ0n) is 12.6. The number of hydrazone groups is 1. The van der Waals surface area contributed by atoms with Gasteiger partial charge in [-0.1, -0.05) is 11.6 Å². The van der Waals surface area contributed by atoms with E-state index < -0.39 is 6.10 Å². The number of carbonyl (C=O) groups is 1. The molecule has 0 bridgehead atoms. The Kier molecular flexibility index (Phi) is 5.57. The lowest BCUT2D eigenvalue weighted by molar-refractivity contribution is -0.127. The van der Waals surface area contributed by atoms with Crippen LogP contribution in [0.3, 0.4) is 0 Å². The van der Waals surface area contributed by atoms with Gasteiger partial charge in [0.1, 0.15) is 5.75 Å². The van der Waals surface area contributed by atoms with E-state index in [0.29, 0.717) is 10.8 Å². The lowest BCUT2D eigenvalue weighted by Gasteiger charge is -2.14. The van der Waals surface area contributed by atoms with Crippen LogP contribution in [0.2, 0.25) is 5.02 Å². The Hall–Kier alpha value is -1.85. The third kappa shape index (κ3) is 4.58. The molecule has 22 heavy (non-hydrogen) atoms. The molecule has 0 saturated heterocycles. The molecular weight excluding hydrogens is 320 g/mol. The van der Waals surface area contributed by atoms with Gasteiger partial charge in [0.2, 0.25) is 0 Å². The summed E-state index contributed by atoms with van der Waals surface area (Å²) in [6, 6.07) is 9.22. The normalized spacial score (nSPS) is 12.4. The van der Waals surface area contributed by atoms with Gasteiger partial charge in [-0.25, -0.2) is 5.43 Å². The van der Waals surface area contributed by atoms with Crippen molar-refractivity contribution < 1.29 is 9.53 Å². The molecule has 4 nitrogen and oxygen atoms in total. The fourth-order valence-electron chi connectivity index (χ4n) is 1.76. The van der Waals surface area contributed by atoms with Gasteiger partial charge in [0.05, 0.1) is 6.21 Å². The standard InChI is InChI=1S/C16H17ClN2O2S/c1-10-8-13(17)5-7-15(10)21-12(3)16(20)19-18-9-14-6-4-11(2)22-14/h4-9,12H,1-3H3,(H,19,20). The molecule has 0 aliphatic carbocycles. The van der Waals surface area contributed by atoms with Crippen LogP contribution in [0.25, 0.3) is 0 Å². The van der Waals surface area contributed by atoms with E-state index in [1.807, 2.05) is 26.0 Å². The van der Waals surface area contributed by atoms with Crippen LogP contribution in [0.5, 0.6) is 5.75 Å².